The fourth-order valence-electron chi connectivity index (χ4n) is 5.36. The minimum Gasteiger partial charge on any atom is -0.486 e. The van der Waals surface area contributed by atoms with Crippen molar-refractivity contribution in [3.8, 4) is 5.75 Å². The van der Waals surface area contributed by atoms with Crippen LogP contribution in [-0.2, 0) is 6.61 Å². The summed E-state index contributed by atoms with van der Waals surface area (Å²) >= 11 is 13.2. The summed E-state index contributed by atoms with van der Waals surface area (Å²) in [4.78, 5) is 18.3. The van der Waals surface area contributed by atoms with Crippen LogP contribution in [0.15, 0.2) is 88.8 Å². The maximum atomic E-state index is 13.5. The Morgan fingerprint density at radius 2 is 1.59 bits per heavy atom. The van der Waals surface area contributed by atoms with Crippen molar-refractivity contribution >= 4 is 51.1 Å². The molecule has 1 heterocycles. The third-order valence-corrected chi connectivity index (χ3v) is 7.91. The lowest BCUT2D eigenvalue weighted by Gasteiger charge is -2.22. The topological polar surface area (TPSA) is 56.5 Å². The molecule has 1 aliphatic carbocycles. The molecule has 7 heteroatoms. The summed E-state index contributed by atoms with van der Waals surface area (Å²) in [7, 11) is 0. The van der Waals surface area contributed by atoms with E-state index < -0.39 is 0 Å². The van der Waals surface area contributed by atoms with E-state index in [0.29, 0.717) is 44.7 Å². The maximum Gasteiger partial charge on any atom is 0.282 e. The average Bonchev–Trinajstić information content (AvgIpc) is 2.96. The quantitative estimate of drug-likeness (QED) is 0.198. The summed E-state index contributed by atoms with van der Waals surface area (Å²) < 4.78 is 7.52. The van der Waals surface area contributed by atoms with Crippen LogP contribution in [0, 0.1) is 0 Å². The van der Waals surface area contributed by atoms with Crippen LogP contribution in [0.3, 0.4) is 0 Å². The Hall–Kier alpha value is -3.67. The summed E-state index contributed by atoms with van der Waals surface area (Å²) in [6.45, 7) is 0.330. The van der Waals surface area contributed by atoms with E-state index >= 15 is 0 Å². The highest BCUT2D eigenvalue weighted by atomic mass is 35.5. The van der Waals surface area contributed by atoms with Crippen LogP contribution < -0.4 is 10.3 Å². The van der Waals surface area contributed by atoms with E-state index in [1.807, 2.05) is 42.5 Å². The molecule has 1 saturated carbocycles. The van der Waals surface area contributed by atoms with E-state index in [0.717, 1.165) is 42.0 Å². The predicted molar refractivity (Wildman–Crippen MR) is 160 cm³/mol. The fraction of sp³-hybridized carbons (Fsp3) is 0.219. The van der Waals surface area contributed by atoms with Gasteiger partial charge in [0.05, 0.1) is 27.2 Å². The molecule has 0 N–H and O–H groups in total. The minimum atomic E-state index is -0.176. The van der Waals surface area contributed by atoms with Crippen LogP contribution in [0.5, 0.6) is 5.75 Å². The van der Waals surface area contributed by atoms with Gasteiger partial charge in [-0.1, -0.05) is 97.1 Å². The number of aromatic nitrogens is 2. The molecule has 0 amide bonds. The van der Waals surface area contributed by atoms with Crippen LogP contribution in [0.4, 0.5) is 0 Å². The van der Waals surface area contributed by atoms with Gasteiger partial charge in [0.25, 0.3) is 5.56 Å². The molecule has 0 aliphatic heterocycles. The first-order valence-electron chi connectivity index (χ1n) is 13.2. The highest BCUT2D eigenvalue weighted by Crippen LogP contribution is 2.35. The van der Waals surface area contributed by atoms with E-state index in [1.54, 1.807) is 24.4 Å². The normalized spacial score (nSPS) is 14.4. The Bertz CT molecular complexity index is 1730. The Morgan fingerprint density at radius 1 is 0.897 bits per heavy atom. The SMILES string of the molecule is O=c1c2ccccc2nc(C2CCCCC2)n1N=Cc1cc(Cl)c(OCc2cccc3ccccc23)c(Cl)c1. The average molecular weight is 556 g/mol. The number of ether oxygens (including phenoxy) is 1. The molecule has 5 nitrogen and oxygen atoms in total. The number of benzene rings is 4. The summed E-state index contributed by atoms with van der Waals surface area (Å²) in [5.41, 5.74) is 2.24. The van der Waals surface area contributed by atoms with Crippen molar-refractivity contribution in [3.63, 3.8) is 0 Å². The first-order valence-corrected chi connectivity index (χ1v) is 14.0. The molecular weight excluding hydrogens is 529 g/mol. The second-order valence-electron chi connectivity index (χ2n) is 9.92. The molecule has 1 aromatic heterocycles. The van der Waals surface area contributed by atoms with Crippen molar-refractivity contribution in [2.75, 3.05) is 0 Å². The molecule has 1 fully saturated rings. The van der Waals surface area contributed by atoms with Crippen LogP contribution in [0.1, 0.15) is 55.0 Å². The number of fused-ring (bicyclic) bond motifs is 2. The fourth-order valence-corrected chi connectivity index (χ4v) is 5.98. The number of halogens is 2. The molecule has 196 valence electrons. The van der Waals surface area contributed by atoms with Crippen molar-refractivity contribution in [3.05, 3.63) is 116 Å². The van der Waals surface area contributed by atoms with Crippen LogP contribution in [0.2, 0.25) is 10.0 Å². The van der Waals surface area contributed by atoms with Gasteiger partial charge in [-0.25, -0.2) is 4.98 Å². The van der Waals surface area contributed by atoms with Gasteiger partial charge in [-0.15, -0.1) is 0 Å². The number of hydrogen-bond donors (Lipinski definition) is 0. The number of hydrogen-bond acceptors (Lipinski definition) is 4. The zero-order chi connectivity index (χ0) is 26.8. The molecule has 1 aliphatic rings. The van der Waals surface area contributed by atoms with Gasteiger partial charge in [0, 0.05) is 5.92 Å². The number of para-hydroxylation sites is 1. The monoisotopic (exact) mass is 555 g/mol. The van der Waals surface area contributed by atoms with E-state index in [4.69, 9.17) is 32.9 Å². The van der Waals surface area contributed by atoms with Gasteiger partial charge in [-0.3, -0.25) is 4.79 Å². The van der Waals surface area contributed by atoms with Gasteiger partial charge in [-0.05, 0) is 59.0 Å². The molecule has 0 unspecified atom stereocenters. The van der Waals surface area contributed by atoms with Crippen LogP contribution >= 0.6 is 23.2 Å². The summed E-state index contributed by atoms with van der Waals surface area (Å²) in [5, 5.41) is 8.17. The first-order chi connectivity index (χ1) is 19.1. The van der Waals surface area contributed by atoms with Gasteiger partial charge in [-0.2, -0.15) is 9.78 Å². The molecule has 6 rings (SSSR count). The van der Waals surface area contributed by atoms with Gasteiger partial charge in [0.1, 0.15) is 12.4 Å². The van der Waals surface area contributed by atoms with Crippen molar-refractivity contribution in [1.29, 1.82) is 0 Å². The zero-order valence-electron chi connectivity index (χ0n) is 21.3. The molecule has 0 spiro atoms. The predicted octanol–water partition coefficient (Wildman–Crippen LogP) is 8.37. The van der Waals surface area contributed by atoms with Gasteiger partial charge < -0.3 is 4.74 Å². The van der Waals surface area contributed by atoms with Crippen molar-refractivity contribution in [1.82, 2.24) is 9.66 Å². The molecule has 5 aromatic rings. The third kappa shape index (κ3) is 5.29. The molecule has 39 heavy (non-hydrogen) atoms. The molecule has 0 atom stereocenters. The van der Waals surface area contributed by atoms with Gasteiger partial charge >= 0.3 is 0 Å². The van der Waals surface area contributed by atoms with Gasteiger partial charge in [0.2, 0.25) is 0 Å². The largest absolute Gasteiger partial charge is 0.486 e. The van der Waals surface area contributed by atoms with Crippen molar-refractivity contribution < 1.29 is 4.74 Å². The minimum absolute atomic E-state index is 0.176. The second-order valence-corrected chi connectivity index (χ2v) is 10.7. The van der Waals surface area contributed by atoms with Crippen LogP contribution in [-0.4, -0.2) is 15.9 Å². The summed E-state index contributed by atoms with van der Waals surface area (Å²) in [6.07, 6.45) is 7.08. The summed E-state index contributed by atoms with van der Waals surface area (Å²) in [5.74, 6) is 1.32. The Kier molecular flexibility index (Phi) is 7.36. The summed E-state index contributed by atoms with van der Waals surface area (Å²) in [6, 6.07) is 25.2. The van der Waals surface area contributed by atoms with E-state index in [-0.39, 0.29) is 11.5 Å². The highest BCUT2D eigenvalue weighted by Gasteiger charge is 2.22. The van der Waals surface area contributed by atoms with Crippen molar-refractivity contribution in [2.45, 2.75) is 44.6 Å². The highest BCUT2D eigenvalue weighted by molar-refractivity contribution is 6.37. The standard InChI is InChI=1S/C32H27Cl2N3O2/c33-27-17-21(18-28(34)30(27)39-20-24-13-8-12-22-9-4-5-14-25(22)24)19-35-37-31(23-10-2-1-3-11-23)36-29-16-7-6-15-26(29)32(37)38/h4-9,12-19,23H,1-3,10-11,20H2. The smallest absolute Gasteiger partial charge is 0.282 e. The lowest BCUT2D eigenvalue weighted by Crippen LogP contribution is -2.25. The lowest BCUT2D eigenvalue weighted by atomic mass is 9.88. The molecule has 0 saturated heterocycles. The molecule has 0 radical (unpaired) electrons. The molecule has 4 aromatic carbocycles. The Balaban J connectivity index is 1.30. The number of rotatable bonds is 6. The molecular formula is C32H27Cl2N3O2. The van der Waals surface area contributed by atoms with E-state index in [1.165, 1.54) is 11.1 Å². The first kappa shape index (κ1) is 25.6. The van der Waals surface area contributed by atoms with Gasteiger partial charge in [0.15, 0.2) is 5.75 Å². The Labute approximate surface area is 236 Å². The Morgan fingerprint density at radius 3 is 2.38 bits per heavy atom. The molecule has 0 bridgehead atoms. The zero-order valence-corrected chi connectivity index (χ0v) is 22.8. The third-order valence-electron chi connectivity index (χ3n) is 7.34. The second kappa shape index (κ2) is 11.2. The lowest BCUT2D eigenvalue weighted by molar-refractivity contribution is 0.308. The van der Waals surface area contributed by atoms with Crippen LogP contribution in [0.25, 0.3) is 21.7 Å². The maximum absolute atomic E-state index is 13.5. The van der Waals surface area contributed by atoms with E-state index in [2.05, 4.69) is 23.3 Å². The number of nitrogens with zero attached hydrogens (tertiary/aromatic N) is 3. The van der Waals surface area contributed by atoms with E-state index in [9.17, 15) is 4.79 Å². The van der Waals surface area contributed by atoms with Crippen molar-refractivity contribution in [2.24, 2.45) is 5.10 Å².